The fourth-order valence-electron chi connectivity index (χ4n) is 4.36. The van der Waals surface area contributed by atoms with Gasteiger partial charge >= 0.3 is 0 Å². The maximum Gasteiger partial charge on any atom is 0.229 e. The first-order chi connectivity index (χ1) is 16.0. The van der Waals surface area contributed by atoms with E-state index in [1.807, 2.05) is 30.0 Å². The van der Waals surface area contributed by atoms with Crippen LogP contribution in [0.3, 0.4) is 0 Å². The topological polar surface area (TPSA) is 107 Å². The third kappa shape index (κ3) is 5.17. The molecule has 4 rings (SSSR count). The van der Waals surface area contributed by atoms with E-state index in [9.17, 15) is 4.79 Å². The molecule has 0 aromatic heterocycles. The van der Waals surface area contributed by atoms with Gasteiger partial charge in [-0.3, -0.25) is 4.79 Å². The molecule has 2 atom stereocenters. The van der Waals surface area contributed by atoms with Crippen LogP contribution in [0.15, 0.2) is 63.5 Å². The van der Waals surface area contributed by atoms with Gasteiger partial charge in [0.05, 0.1) is 17.3 Å². The Bertz CT molecular complexity index is 1040. The van der Waals surface area contributed by atoms with E-state index >= 15 is 0 Å². The monoisotopic (exact) mass is 447 g/mol. The van der Waals surface area contributed by atoms with E-state index in [1.54, 1.807) is 0 Å². The van der Waals surface area contributed by atoms with Crippen molar-refractivity contribution in [3.8, 4) is 0 Å². The van der Waals surface area contributed by atoms with Crippen LogP contribution in [0.4, 0.5) is 11.4 Å². The van der Waals surface area contributed by atoms with Crippen LogP contribution in [0.2, 0.25) is 0 Å². The van der Waals surface area contributed by atoms with Crippen molar-refractivity contribution in [2.24, 2.45) is 21.6 Å². The Labute approximate surface area is 195 Å². The van der Waals surface area contributed by atoms with Crippen LogP contribution in [0.1, 0.15) is 25.3 Å². The summed E-state index contributed by atoms with van der Waals surface area (Å²) in [7, 11) is 0. The number of nitrogens with two attached hydrogens (primary N) is 1. The number of fused-ring (bicyclic) bond motifs is 1. The van der Waals surface area contributed by atoms with Gasteiger partial charge in [-0.15, -0.1) is 0 Å². The Balaban J connectivity index is 1.47. The highest BCUT2D eigenvalue weighted by atomic mass is 16.2. The number of nitrogens with zero attached hydrogens (tertiary/aromatic N) is 3. The predicted octanol–water partition coefficient (Wildman–Crippen LogP) is 2.77. The van der Waals surface area contributed by atoms with Gasteiger partial charge in [-0.2, -0.15) is 0 Å². The number of hydrogen-bond acceptors (Lipinski definition) is 7. The standard InChI is InChI=1S/C25H33N7O/c1-16-5-10-20-21(15-16)31-24(30-20)22(23(26)27-3)29-17(2)18-6-8-19(9-7-18)25(33)32-13-4-11-28-12-14-32/h5-8,10,15,19,24,28,30-31H,3-4,9,11-14,26H2,1-2H3/b23-22-,29-17?. The molecular weight excluding hydrogens is 414 g/mol. The van der Waals surface area contributed by atoms with Crippen molar-refractivity contribution >= 4 is 29.7 Å². The van der Waals surface area contributed by atoms with Gasteiger partial charge in [0.2, 0.25) is 5.91 Å². The lowest BCUT2D eigenvalue weighted by Gasteiger charge is -2.25. The molecule has 33 heavy (non-hydrogen) atoms. The molecule has 1 aromatic rings. The molecule has 0 radical (unpaired) electrons. The lowest BCUT2D eigenvalue weighted by atomic mass is 9.93. The molecule has 5 N–H and O–H groups in total. The van der Waals surface area contributed by atoms with E-state index in [1.165, 1.54) is 5.56 Å². The van der Waals surface area contributed by atoms with Crippen LogP contribution in [-0.2, 0) is 4.79 Å². The van der Waals surface area contributed by atoms with Crippen LogP contribution in [0.5, 0.6) is 0 Å². The maximum absolute atomic E-state index is 12.9. The number of benzene rings is 1. The zero-order chi connectivity index (χ0) is 23.4. The number of hydrogen-bond donors (Lipinski definition) is 4. The molecule has 1 fully saturated rings. The molecule has 0 spiro atoms. The number of anilines is 2. The summed E-state index contributed by atoms with van der Waals surface area (Å²) in [6, 6.07) is 6.17. The summed E-state index contributed by atoms with van der Waals surface area (Å²) in [5, 5.41) is 10.2. The van der Waals surface area contributed by atoms with Crippen LogP contribution in [-0.4, -0.2) is 55.6 Å². The maximum atomic E-state index is 12.9. The molecule has 2 aliphatic heterocycles. The Morgan fingerprint density at radius 1 is 1.21 bits per heavy atom. The van der Waals surface area contributed by atoms with Gasteiger partial charge in [0.1, 0.15) is 17.7 Å². The van der Waals surface area contributed by atoms with Gasteiger partial charge in [0, 0.05) is 25.3 Å². The zero-order valence-electron chi connectivity index (χ0n) is 19.4. The molecule has 2 heterocycles. The highest BCUT2D eigenvalue weighted by Crippen LogP contribution is 2.33. The lowest BCUT2D eigenvalue weighted by molar-refractivity contribution is -0.133. The van der Waals surface area contributed by atoms with Crippen LogP contribution >= 0.6 is 0 Å². The smallest absolute Gasteiger partial charge is 0.229 e. The minimum absolute atomic E-state index is 0.120. The van der Waals surface area contributed by atoms with Crippen LogP contribution < -0.4 is 21.7 Å². The van der Waals surface area contributed by atoms with Gasteiger partial charge in [0.15, 0.2) is 0 Å². The minimum atomic E-state index is -0.304. The minimum Gasteiger partial charge on any atom is -0.382 e. The quantitative estimate of drug-likeness (QED) is 0.519. The molecule has 8 nitrogen and oxygen atoms in total. The molecule has 1 aliphatic carbocycles. The fraction of sp³-hybridized carbons (Fsp3) is 0.400. The molecular formula is C25H33N7O. The first kappa shape index (κ1) is 22.8. The second-order valence-corrected chi connectivity index (χ2v) is 8.69. The molecule has 8 heteroatoms. The van der Waals surface area contributed by atoms with E-state index in [-0.39, 0.29) is 23.8 Å². The Hall–Kier alpha value is -3.39. The van der Waals surface area contributed by atoms with Gasteiger partial charge < -0.3 is 26.6 Å². The number of aliphatic imine (C=N–C) groups is 2. The van der Waals surface area contributed by atoms with E-state index in [0.717, 1.165) is 55.3 Å². The Morgan fingerprint density at radius 3 is 2.79 bits per heavy atom. The molecule has 0 bridgehead atoms. The van der Waals surface area contributed by atoms with Crippen LogP contribution in [0, 0.1) is 12.8 Å². The summed E-state index contributed by atoms with van der Waals surface area (Å²) in [5.74, 6) is 0.352. The SMILES string of the molecule is C=N/C(N)=C(\N=C(C)C1=CCC(C(=O)N2CCCNCC2)C=C1)C1Nc2ccc(C)cc2N1. The third-order valence-corrected chi connectivity index (χ3v) is 6.26. The van der Waals surface area contributed by atoms with E-state index in [0.29, 0.717) is 12.1 Å². The number of amides is 1. The highest BCUT2D eigenvalue weighted by Gasteiger charge is 2.27. The lowest BCUT2D eigenvalue weighted by Crippen LogP contribution is -2.38. The molecule has 0 saturated carbocycles. The van der Waals surface area contributed by atoms with Crippen molar-refractivity contribution in [1.82, 2.24) is 10.2 Å². The molecule has 174 valence electrons. The Kier molecular flexibility index (Phi) is 6.93. The van der Waals surface area contributed by atoms with Crippen LogP contribution in [0.25, 0.3) is 0 Å². The van der Waals surface area contributed by atoms with Crippen molar-refractivity contribution in [2.45, 2.75) is 32.9 Å². The summed E-state index contributed by atoms with van der Waals surface area (Å²) in [6.45, 7) is 11.0. The fourth-order valence-corrected chi connectivity index (χ4v) is 4.36. The van der Waals surface area contributed by atoms with Crippen molar-refractivity contribution in [3.63, 3.8) is 0 Å². The first-order valence-corrected chi connectivity index (χ1v) is 11.5. The van der Waals surface area contributed by atoms with Crippen molar-refractivity contribution < 1.29 is 4.79 Å². The largest absolute Gasteiger partial charge is 0.382 e. The summed E-state index contributed by atoms with van der Waals surface area (Å²) in [5.41, 5.74) is 11.7. The third-order valence-electron chi connectivity index (χ3n) is 6.26. The second kappa shape index (κ2) is 10.0. The van der Waals surface area contributed by atoms with E-state index in [2.05, 4.69) is 52.8 Å². The summed E-state index contributed by atoms with van der Waals surface area (Å²) in [4.78, 5) is 23.7. The molecule has 2 unspecified atom stereocenters. The Morgan fingerprint density at radius 2 is 2.03 bits per heavy atom. The van der Waals surface area contributed by atoms with Crippen molar-refractivity contribution in [1.29, 1.82) is 0 Å². The predicted molar refractivity (Wildman–Crippen MR) is 135 cm³/mol. The average molecular weight is 448 g/mol. The number of carbonyl (C=O) groups excluding carboxylic acids is 1. The average Bonchev–Trinajstić information content (AvgIpc) is 3.05. The summed E-state index contributed by atoms with van der Waals surface area (Å²) in [6.07, 6.45) is 7.43. The summed E-state index contributed by atoms with van der Waals surface area (Å²) >= 11 is 0. The highest BCUT2D eigenvalue weighted by molar-refractivity contribution is 6.02. The zero-order valence-corrected chi connectivity index (χ0v) is 19.4. The van der Waals surface area contributed by atoms with Crippen molar-refractivity contribution in [3.05, 3.63) is 59.1 Å². The normalized spacial score (nSPS) is 23.5. The molecule has 1 saturated heterocycles. The molecule has 1 amide bonds. The van der Waals surface area contributed by atoms with E-state index < -0.39 is 0 Å². The summed E-state index contributed by atoms with van der Waals surface area (Å²) < 4.78 is 0. The molecule has 3 aliphatic rings. The van der Waals surface area contributed by atoms with E-state index in [4.69, 9.17) is 10.7 Å². The number of nitrogens with one attached hydrogen (secondary N) is 3. The second-order valence-electron chi connectivity index (χ2n) is 8.69. The van der Waals surface area contributed by atoms with Gasteiger partial charge in [-0.25, -0.2) is 9.98 Å². The van der Waals surface area contributed by atoms with Gasteiger partial charge in [0.25, 0.3) is 0 Å². The number of carbonyl (C=O) groups is 1. The molecule has 1 aromatic carbocycles. The first-order valence-electron chi connectivity index (χ1n) is 11.5. The van der Waals surface area contributed by atoms with Gasteiger partial charge in [-0.1, -0.05) is 24.3 Å². The number of aryl methyl sites for hydroxylation is 1. The number of allylic oxidation sites excluding steroid dienone is 3. The van der Waals surface area contributed by atoms with Gasteiger partial charge in [-0.05, 0) is 63.2 Å². The number of rotatable bonds is 5. The van der Waals surface area contributed by atoms with Crippen molar-refractivity contribution in [2.75, 3.05) is 36.8 Å².